The average molecular weight is 197 g/mol. The van der Waals surface area contributed by atoms with Gasteiger partial charge in [0.25, 0.3) is 5.95 Å². The molecule has 1 fully saturated rings. The van der Waals surface area contributed by atoms with Crippen LogP contribution < -0.4 is 4.90 Å². The van der Waals surface area contributed by atoms with E-state index in [1.54, 1.807) is 0 Å². The lowest BCUT2D eigenvalue weighted by Gasteiger charge is -2.24. The van der Waals surface area contributed by atoms with Crippen LogP contribution in [0, 0.1) is 0 Å². The molecule has 1 N–H and O–H groups in total. The van der Waals surface area contributed by atoms with Gasteiger partial charge in [-0.15, -0.1) is 0 Å². The van der Waals surface area contributed by atoms with Crippen molar-refractivity contribution >= 4 is 11.9 Å². The van der Waals surface area contributed by atoms with Crippen molar-refractivity contribution in [3.63, 3.8) is 0 Å². The molecule has 1 aromatic heterocycles. The van der Waals surface area contributed by atoms with Crippen LogP contribution in [-0.4, -0.2) is 34.3 Å². The second-order valence-electron chi connectivity index (χ2n) is 3.25. The number of rotatable bonds is 2. The van der Waals surface area contributed by atoms with Crippen molar-refractivity contribution in [1.82, 2.24) is 10.1 Å². The molecular formula is C8H11N3O3. The van der Waals surface area contributed by atoms with E-state index in [1.165, 1.54) is 6.42 Å². The maximum atomic E-state index is 10.5. The van der Waals surface area contributed by atoms with Crippen LogP contribution in [-0.2, 0) is 0 Å². The van der Waals surface area contributed by atoms with Crippen LogP contribution in [0.4, 0.5) is 5.95 Å². The van der Waals surface area contributed by atoms with Gasteiger partial charge < -0.3 is 14.5 Å². The maximum absolute atomic E-state index is 10.5. The van der Waals surface area contributed by atoms with E-state index in [4.69, 9.17) is 5.11 Å². The Morgan fingerprint density at radius 3 is 2.64 bits per heavy atom. The number of carboxylic acids is 1. The number of anilines is 1. The smallest absolute Gasteiger partial charge is 0.394 e. The molecule has 1 aromatic rings. The Balaban J connectivity index is 2.11. The third-order valence-electron chi connectivity index (χ3n) is 2.24. The number of aromatic carboxylic acids is 1. The van der Waals surface area contributed by atoms with E-state index in [9.17, 15) is 4.79 Å². The summed E-state index contributed by atoms with van der Waals surface area (Å²) >= 11 is 0. The number of hydrogen-bond donors (Lipinski definition) is 1. The Hall–Kier alpha value is -1.59. The van der Waals surface area contributed by atoms with Crippen LogP contribution >= 0.6 is 0 Å². The van der Waals surface area contributed by atoms with Crippen molar-refractivity contribution in [2.45, 2.75) is 19.3 Å². The van der Waals surface area contributed by atoms with Gasteiger partial charge in [0.1, 0.15) is 0 Å². The lowest BCUT2D eigenvalue weighted by molar-refractivity contribution is 0.0643. The normalized spacial score (nSPS) is 17.0. The minimum atomic E-state index is -1.18. The minimum absolute atomic E-state index is 0.342. The molecule has 0 unspecified atom stereocenters. The van der Waals surface area contributed by atoms with Crippen molar-refractivity contribution in [3.8, 4) is 0 Å². The van der Waals surface area contributed by atoms with Gasteiger partial charge in [0.2, 0.25) is 0 Å². The van der Waals surface area contributed by atoms with Gasteiger partial charge >= 0.3 is 11.9 Å². The van der Waals surface area contributed by atoms with Gasteiger partial charge in [-0.25, -0.2) is 4.79 Å². The summed E-state index contributed by atoms with van der Waals surface area (Å²) < 4.78 is 4.58. The molecule has 0 amide bonds. The molecule has 1 saturated heterocycles. The largest absolute Gasteiger partial charge is 0.474 e. The Morgan fingerprint density at radius 2 is 2.07 bits per heavy atom. The fourth-order valence-electron chi connectivity index (χ4n) is 1.52. The SMILES string of the molecule is O=C(O)c1nc(N2CCCCC2)no1. The molecule has 6 heteroatoms. The Kier molecular flexibility index (Phi) is 2.34. The molecule has 0 radical (unpaired) electrons. The van der Waals surface area contributed by atoms with Gasteiger partial charge in [-0.05, 0) is 24.4 Å². The number of nitrogens with zero attached hydrogens (tertiary/aromatic N) is 3. The van der Waals surface area contributed by atoms with Crippen LogP contribution in [0.5, 0.6) is 0 Å². The summed E-state index contributed by atoms with van der Waals surface area (Å²) in [6.45, 7) is 1.75. The van der Waals surface area contributed by atoms with Crippen LogP contribution in [0.3, 0.4) is 0 Å². The quantitative estimate of drug-likeness (QED) is 0.753. The van der Waals surface area contributed by atoms with Gasteiger partial charge in [-0.2, -0.15) is 4.98 Å². The molecule has 2 rings (SSSR count). The van der Waals surface area contributed by atoms with E-state index in [0.29, 0.717) is 5.95 Å². The van der Waals surface area contributed by atoms with E-state index < -0.39 is 5.97 Å². The van der Waals surface area contributed by atoms with E-state index in [1.807, 2.05) is 4.90 Å². The zero-order chi connectivity index (χ0) is 9.97. The Bertz CT molecular complexity index is 330. The van der Waals surface area contributed by atoms with Crippen LogP contribution in [0.1, 0.15) is 29.9 Å². The number of carbonyl (C=O) groups is 1. The first-order chi connectivity index (χ1) is 6.77. The van der Waals surface area contributed by atoms with Crippen molar-refractivity contribution in [3.05, 3.63) is 5.89 Å². The molecule has 0 saturated carbocycles. The predicted molar refractivity (Wildman–Crippen MR) is 47.3 cm³/mol. The summed E-state index contributed by atoms with van der Waals surface area (Å²) in [5.74, 6) is -1.13. The molecule has 2 heterocycles. The standard InChI is InChI=1S/C8H11N3O3/c12-7(13)6-9-8(10-14-6)11-4-2-1-3-5-11/h1-5H2,(H,12,13). The van der Waals surface area contributed by atoms with Crippen molar-refractivity contribution in [2.24, 2.45) is 0 Å². The van der Waals surface area contributed by atoms with Crippen molar-refractivity contribution in [2.75, 3.05) is 18.0 Å². The molecule has 0 atom stereocenters. The fourth-order valence-corrected chi connectivity index (χ4v) is 1.52. The predicted octanol–water partition coefficient (Wildman–Crippen LogP) is 0.758. The number of carboxylic acid groups (broad SMARTS) is 1. The summed E-state index contributed by atoms with van der Waals surface area (Å²) in [4.78, 5) is 16.2. The van der Waals surface area contributed by atoms with Crippen molar-refractivity contribution in [1.29, 1.82) is 0 Å². The van der Waals surface area contributed by atoms with Crippen LogP contribution in [0.2, 0.25) is 0 Å². The zero-order valence-corrected chi connectivity index (χ0v) is 7.64. The molecule has 14 heavy (non-hydrogen) atoms. The first-order valence-corrected chi connectivity index (χ1v) is 4.59. The number of piperidine rings is 1. The lowest BCUT2D eigenvalue weighted by atomic mass is 10.1. The molecular weight excluding hydrogens is 186 g/mol. The molecule has 1 aliphatic rings. The average Bonchev–Trinajstić information content (AvgIpc) is 2.68. The highest BCUT2D eigenvalue weighted by Gasteiger charge is 2.19. The summed E-state index contributed by atoms with van der Waals surface area (Å²) in [6, 6.07) is 0. The van der Waals surface area contributed by atoms with Crippen LogP contribution in [0.15, 0.2) is 4.52 Å². The van der Waals surface area contributed by atoms with Crippen LogP contribution in [0.25, 0.3) is 0 Å². The molecule has 0 aromatic carbocycles. The summed E-state index contributed by atoms with van der Waals surface area (Å²) in [6.07, 6.45) is 3.40. The third kappa shape index (κ3) is 1.68. The lowest BCUT2D eigenvalue weighted by Crippen LogP contribution is -2.30. The third-order valence-corrected chi connectivity index (χ3v) is 2.24. The molecule has 76 valence electrons. The summed E-state index contributed by atoms with van der Waals surface area (Å²) in [7, 11) is 0. The highest BCUT2D eigenvalue weighted by Crippen LogP contribution is 2.15. The van der Waals surface area contributed by atoms with E-state index in [-0.39, 0.29) is 5.89 Å². The monoisotopic (exact) mass is 197 g/mol. The second-order valence-corrected chi connectivity index (χ2v) is 3.25. The van der Waals surface area contributed by atoms with E-state index >= 15 is 0 Å². The minimum Gasteiger partial charge on any atom is -0.474 e. The molecule has 0 aliphatic carbocycles. The summed E-state index contributed by atoms with van der Waals surface area (Å²) in [5, 5.41) is 12.2. The van der Waals surface area contributed by atoms with E-state index in [2.05, 4.69) is 14.7 Å². The van der Waals surface area contributed by atoms with Gasteiger partial charge in [0.05, 0.1) is 0 Å². The molecule has 0 bridgehead atoms. The Morgan fingerprint density at radius 1 is 1.36 bits per heavy atom. The first-order valence-electron chi connectivity index (χ1n) is 4.59. The Labute approximate surface area is 80.5 Å². The molecule has 0 spiro atoms. The van der Waals surface area contributed by atoms with Gasteiger partial charge in [0, 0.05) is 13.1 Å². The highest BCUT2D eigenvalue weighted by molar-refractivity contribution is 5.82. The topological polar surface area (TPSA) is 79.5 Å². The number of hydrogen-bond acceptors (Lipinski definition) is 5. The second kappa shape index (κ2) is 3.65. The fraction of sp³-hybridized carbons (Fsp3) is 0.625. The van der Waals surface area contributed by atoms with Gasteiger partial charge in [-0.1, -0.05) is 0 Å². The molecule has 1 aliphatic heterocycles. The van der Waals surface area contributed by atoms with Gasteiger partial charge in [0.15, 0.2) is 0 Å². The van der Waals surface area contributed by atoms with Crippen molar-refractivity contribution < 1.29 is 14.4 Å². The zero-order valence-electron chi connectivity index (χ0n) is 7.64. The molecule has 6 nitrogen and oxygen atoms in total. The number of aromatic nitrogens is 2. The van der Waals surface area contributed by atoms with Gasteiger partial charge in [-0.3, -0.25) is 0 Å². The first kappa shape index (κ1) is 8.98. The maximum Gasteiger partial charge on any atom is 0.394 e. The summed E-state index contributed by atoms with van der Waals surface area (Å²) in [5.41, 5.74) is 0. The highest BCUT2D eigenvalue weighted by atomic mass is 16.5. The van der Waals surface area contributed by atoms with E-state index in [0.717, 1.165) is 25.9 Å².